The van der Waals surface area contributed by atoms with Crippen LogP contribution in [0.15, 0.2) is 27.8 Å². The molecule has 0 unspecified atom stereocenters. The molecule has 0 spiro atoms. The summed E-state index contributed by atoms with van der Waals surface area (Å²) in [5, 5.41) is 23.1. The number of nitrogens with two attached hydrogens (primary N) is 1. The number of oxime groups is 1. The molecule has 0 aromatic heterocycles. The standard InChI is InChI=1S/C10H12BrN3O3/c11-6-1-2-7(8(15)5-6)10(16)13-4-3-9(12)14-17/h1-2,5,15,17H,3-4H2,(H2,12,14)(H,13,16). The summed E-state index contributed by atoms with van der Waals surface area (Å²) in [6.45, 7) is 0.226. The van der Waals surface area contributed by atoms with Gasteiger partial charge in [-0.2, -0.15) is 0 Å². The van der Waals surface area contributed by atoms with Crippen molar-refractivity contribution in [1.29, 1.82) is 0 Å². The number of phenols is 1. The van der Waals surface area contributed by atoms with Gasteiger partial charge in [0.1, 0.15) is 11.6 Å². The number of nitrogens with zero attached hydrogens (tertiary/aromatic N) is 1. The van der Waals surface area contributed by atoms with Crippen molar-refractivity contribution in [2.75, 3.05) is 6.54 Å². The van der Waals surface area contributed by atoms with Crippen molar-refractivity contribution < 1.29 is 15.1 Å². The minimum Gasteiger partial charge on any atom is -0.507 e. The predicted molar refractivity (Wildman–Crippen MR) is 66.2 cm³/mol. The Kier molecular flexibility index (Phi) is 4.77. The third-order valence-corrected chi connectivity index (χ3v) is 2.49. The summed E-state index contributed by atoms with van der Waals surface area (Å²) >= 11 is 3.17. The second-order valence-electron chi connectivity index (χ2n) is 3.26. The third kappa shape index (κ3) is 3.95. The number of hydrogen-bond acceptors (Lipinski definition) is 4. The smallest absolute Gasteiger partial charge is 0.255 e. The lowest BCUT2D eigenvalue weighted by Crippen LogP contribution is -2.28. The fourth-order valence-electron chi connectivity index (χ4n) is 1.15. The number of carbonyl (C=O) groups is 1. The first kappa shape index (κ1) is 13.3. The van der Waals surface area contributed by atoms with Gasteiger partial charge in [-0.3, -0.25) is 4.79 Å². The Morgan fingerprint density at radius 2 is 2.24 bits per heavy atom. The fraction of sp³-hybridized carbons (Fsp3) is 0.200. The van der Waals surface area contributed by atoms with Crippen molar-refractivity contribution in [1.82, 2.24) is 5.32 Å². The Balaban J connectivity index is 2.58. The topological polar surface area (TPSA) is 108 Å². The number of hydrogen-bond donors (Lipinski definition) is 4. The molecule has 0 aliphatic carbocycles. The highest BCUT2D eigenvalue weighted by Gasteiger charge is 2.10. The quantitative estimate of drug-likeness (QED) is 0.288. The Morgan fingerprint density at radius 3 is 2.82 bits per heavy atom. The number of rotatable bonds is 4. The molecule has 0 atom stereocenters. The average molecular weight is 302 g/mol. The molecule has 7 heteroatoms. The summed E-state index contributed by atoms with van der Waals surface area (Å²) in [5.41, 5.74) is 5.41. The van der Waals surface area contributed by atoms with E-state index >= 15 is 0 Å². The van der Waals surface area contributed by atoms with Crippen LogP contribution in [0.4, 0.5) is 0 Å². The highest BCUT2D eigenvalue weighted by Crippen LogP contribution is 2.21. The van der Waals surface area contributed by atoms with E-state index in [2.05, 4.69) is 26.4 Å². The van der Waals surface area contributed by atoms with Crippen molar-refractivity contribution >= 4 is 27.7 Å². The zero-order chi connectivity index (χ0) is 12.8. The zero-order valence-electron chi connectivity index (χ0n) is 8.85. The predicted octanol–water partition coefficient (Wildman–Crippen LogP) is 1.02. The molecule has 0 saturated carbocycles. The highest BCUT2D eigenvalue weighted by atomic mass is 79.9. The van der Waals surface area contributed by atoms with E-state index in [-0.39, 0.29) is 30.1 Å². The minimum atomic E-state index is -0.416. The van der Waals surface area contributed by atoms with Gasteiger partial charge < -0.3 is 21.4 Å². The minimum absolute atomic E-state index is 0.0327. The lowest BCUT2D eigenvalue weighted by Gasteiger charge is -2.06. The second-order valence-corrected chi connectivity index (χ2v) is 4.17. The van der Waals surface area contributed by atoms with Gasteiger partial charge in [-0.25, -0.2) is 0 Å². The molecule has 5 N–H and O–H groups in total. The van der Waals surface area contributed by atoms with E-state index in [1.807, 2.05) is 0 Å². The Morgan fingerprint density at radius 1 is 1.53 bits per heavy atom. The molecule has 0 radical (unpaired) electrons. The first-order chi connectivity index (χ1) is 8.04. The lowest BCUT2D eigenvalue weighted by atomic mass is 10.2. The van der Waals surface area contributed by atoms with Gasteiger partial charge in [0.25, 0.3) is 5.91 Å². The van der Waals surface area contributed by atoms with Crippen molar-refractivity contribution in [2.24, 2.45) is 10.9 Å². The van der Waals surface area contributed by atoms with Crippen LogP contribution in [-0.4, -0.2) is 28.6 Å². The maximum atomic E-state index is 11.6. The molecule has 0 saturated heterocycles. The molecule has 6 nitrogen and oxygen atoms in total. The molecule has 1 amide bonds. The van der Waals surface area contributed by atoms with Gasteiger partial charge >= 0.3 is 0 Å². The molecule has 0 bridgehead atoms. The summed E-state index contributed by atoms with van der Waals surface area (Å²) in [6.07, 6.45) is 0.236. The molecular formula is C10H12BrN3O3. The third-order valence-electron chi connectivity index (χ3n) is 2.00. The number of carbonyl (C=O) groups excluding carboxylic acids is 1. The molecular weight excluding hydrogens is 290 g/mol. The van der Waals surface area contributed by atoms with Crippen LogP contribution >= 0.6 is 15.9 Å². The summed E-state index contributed by atoms with van der Waals surface area (Å²) in [6, 6.07) is 4.58. The highest BCUT2D eigenvalue weighted by molar-refractivity contribution is 9.10. The number of benzene rings is 1. The maximum absolute atomic E-state index is 11.6. The molecule has 0 aliphatic heterocycles. The van der Waals surface area contributed by atoms with Crippen LogP contribution in [0.2, 0.25) is 0 Å². The van der Waals surface area contributed by atoms with Crippen LogP contribution in [-0.2, 0) is 0 Å². The van der Waals surface area contributed by atoms with E-state index in [0.717, 1.165) is 0 Å². The van der Waals surface area contributed by atoms with E-state index in [4.69, 9.17) is 10.9 Å². The lowest BCUT2D eigenvalue weighted by molar-refractivity contribution is 0.0952. The van der Waals surface area contributed by atoms with Crippen LogP contribution in [0, 0.1) is 0 Å². The van der Waals surface area contributed by atoms with Crippen LogP contribution in [0.1, 0.15) is 16.8 Å². The van der Waals surface area contributed by atoms with Crippen LogP contribution < -0.4 is 11.1 Å². The molecule has 1 aromatic carbocycles. The molecule has 0 fully saturated rings. The molecule has 92 valence electrons. The zero-order valence-corrected chi connectivity index (χ0v) is 10.4. The Labute approximate surface area is 106 Å². The Bertz CT molecular complexity index is 448. The van der Waals surface area contributed by atoms with Gasteiger partial charge in [0, 0.05) is 17.4 Å². The van der Waals surface area contributed by atoms with E-state index in [1.165, 1.54) is 12.1 Å². The SMILES string of the molecule is NC(CCNC(=O)c1ccc(Br)cc1O)=NO. The van der Waals surface area contributed by atoms with Crippen molar-refractivity contribution in [3.05, 3.63) is 28.2 Å². The normalized spacial score (nSPS) is 11.2. The maximum Gasteiger partial charge on any atom is 0.255 e. The monoisotopic (exact) mass is 301 g/mol. The van der Waals surface area contributed by atoms with Gasteiger partial charge in [-0.05, 0) is 18.2 Å². The van der Waals surface area contributed by atoms with Crippen molar-refractivity contribution in [2.45, 2.75) is 6.42 Å². The number of nitrogens with one attached hydrogen (secondary N) is 1. The molecule has 0 heterocycles. The van der Waals surface area contributed by atoms with E-state index in [1.54, 1.807) is 6.07 Å². The number of halogens is 1. The summed E-state index contributed by atoms with van der Waals surface area (Å²) in [7, 11) is 0. The van der Waals surface area contributed by atoms with Crippen LogP contribution in [0.5, 0.6) is 5.75 Å². The second kappa shape index (κ2) is 6.09. The summed E-state index contributed by atoms with van der Waals surface area (Å²) < 4.78 is 0.684. The number of amides is 1. The van der Waals surface area contributed by atoms with Gasteiger partial charge in [0.05, 0.1) is 5.56 Å². The van der Waals surface area contributed by atoms with Crippen molar-refractivity contribution in [3.8, 4) is 5.75 Å². The fourth-order valence-corrected chi connectivity index (χ4v) is 1.50. The van der Waals surface area contributed by atoms with Crippen LogP contribution in [0.3, 0.4) is 0 Å². The molecule has 1 rings (SSSR count). The number of amidine groups is 1. The van der Waals surface area contributed by atoms with E-state index in [0.29, 0.717) is 4.47 Å². The van der Waals surface area contributed by atoms with Crippen LogP contribution in [0.25, 0.3) is 0 Å². The van der Waals surface area contributed by atoms with E-state index in [9.17, 15) is 9.90 Å². The molecule has 17 heavy (non-hydrogen) atoms. The summed E-state index contributed by atoms with van der Waals surface area (Å²) in [4.78, 5) is 11.6. The average Bonchev–Trinajstić information content (AvgIpc) is 2.28. The Hall–Kier alpha value is -1.76. The first-order valence-electron chi connectivity index (χ1n) is 4.77. The first-order valence-corrected chi connectivity index (χ1v) is 5.57. The molecule has 0 aliphatic rings. The van der Waals surface area contributed by atoms with Gasteiger partial charge in [0.2, 0.25) is 0 Å². The van der Waals surface area contributed by atoms with E-state index < -0.39 is 5.91 Å². The number of aromatic hydroxyl groups is 1. The summed E-state index contributed by atoms with van der Waals surface area (Å²) in [5.74, 6) is -0.494. The van der Waals surface area contributed by atoms with Gasteiger partial charge in [-0.15, -0.1) is 0 Å². The van der Waals surface area contributed by atoms with Crippen molar-refractivity contribution in [3.63, 3.8) is 0 Å². The van der Waals surface area contributed by atoms with Gasteiger partial charge in [0.15, 0.2) is 0 Å². The largest absolute Gasteiger partial charge is 0.507 e. The van der Waals surface area contributed by atoms with Gasteiger partial charge in [-0.1, -0.05) is 21.1 Å². The molecule has 1 aromatic rings. The number of phenolic OH excluding ortho intramolecular Hbond substituents is 1.